The number of para-hydroxylation sites is 4. The van der Waals surface area contributed by atoms with Crippen molar-refractivity contribution in [3.05, 3.63) is 145 Å². The topological polar surface area (TPSA) is 59.3 Å². The van der Waals surface area contributed by atoms with Crippen molar-refractivity contribution in [2.45, 2.75) is 13.1 Å². The Morgan fingerprint density at radius 1 is 0.357 bits per heavy atom. The van der Waals surface area contributed by atoms with Gasteiger partial charge < -0.3 is 0 Å². The molecule has 0 saturated carbocycles. The summed E-state index contributed by atoms with van der Waals surface area (Å²) in [5, 5.41) is 0. The molecule has 0 aliphatic rings. The van der Waals surface area contributed by atoms with E-state index in [1.54, 1.807) is 0 Å². The molecule has 4 aromatic carbocycles. The SMILES string of the molecule is c1ccc2nc3cc(C[n+]4ccc(-c5cc[n+](Cc6ccc7nc8ccccc8nc7c6)cc5)cc4)ccc3nc2c1. The summed E-state index contributed by atoms with van der Waals surface area (Å²) in [5.41, 5.74) is 12.1. The van der Waals surface area contributed by atoms with E-state index in [4.69, 9.17) is 19.9 Å². The zero-order valence-electron chi connectivity index (χ0n) is 22.8. The first kappa shape index (κ1) is 24.2. The van der Waals surface area contributed by atoms with E-state index in [0.717, 1.165) is 57.2 Å². The first-order chi connectivity index (χ1) is 20.7. The van der Waals surface area contributed by atoms with Crippen molar-refractivity contribution in [3.8, 4) is 11.1 Å². The number of aromatic nitrogens is 6. The van der Waals surface area contributed by atoms with Crippen LogP contribution in [0.4, 0.5) is 0 Å². The third-order valence-electron chi connectivity index (χ3n) is 7.65. The number of rotatable bonds is 5. The maximum atomic E-state index is 4.81. The summed E-state index contributed by atoms with van der Waals surface area (Å²) < 4.78 is 4.38. The number of nitrogens with zero attached hydrogens (tertiary/aromatic N) is 6. The van der Waals surface area contributed by atoms with Gasteiger partial charge in [-0.15, -0.1) is 0 Å². The Balaban J connectivity index is 0.974. The van der Waals surface area contributed by atoms with Crippen LogP contribution in [0, 0.1) is 0 Å². The minimum Gasteiger partial charge on any atom is -0.245 e. The average molecular weight is 543 g/mol. The maximum absolute atomic E-state index is 4.81. The Kier molecular flexibility index (Phi) is 5.81. The van der Waals surface area contributed by atoms with Crippen molar-refractivity contribution in [1.82, 2.24) is 19.9 Å². The summed E-state index contributed by atoms with van der Waals surface area (Å²) >= 11 is 0. The molecule has 4 aromatic heterocycles. The number of hydrogen-bond acceptors (Lipinski definition) is 4. The van der Waals surface area contributed by atoms with E-state index in [1.807, 2.05) is 48.5 Å². The van der Waals surface area contributed by atoms with Crippen LogP contribution in [0.3, 0.4) is 0 Å². The first-order valence-corrected chi connectivity index (χ1v) is 14.0. The van der Waals surface area contributed by atoms with Gasteiger partial charge in [-0.05, 0) is 59.7 Å². The standard InChI is InChI=1S/C36H26N6/c1-3-7-31-29(5-1)37-33-11-9-25(21-35(33)39-31)23-41-17-13-27(14-18-41)28-15-19-42(20-16-28)24-26-10-12-34-36(22-26)40-32-8-4-2-6-30(32)38-34/h1-22H,23-24H2/q+2. The highest BCUT2D eigenvalue weighted by Crippen LogP contribution is 2.20. The van der Waals surface area contributed by atoms with Crippen LogP contribution >= 0.6 is 0 Å². The Morgan fingerprint density at radius 2 is 0.690 bits per heavy atom. The number of fused-ring (bicyclic) bond motifs is 4. The zero-order valence-corrected chi connectivity index (χ0v) is 22.8. The molecule has 8 rings (SSSR count). The van der Waals surface area contributed by atoms with Crippen molar-refractivity contribution < 1.29 is 9.13 Å². The van der Waals surface area contributed by atoms with Crippen molar-refractivity contribution in [2.75, 3.05) is 0 Å². The molecule has 4 heterocycles. The normalized spacial score (nSPS) is 11.5. The van der Waals surface area contributed by atoms with Gasteiger partial charge in [0, 0.05) is 35.4 Å². The summed E-state index contributed by atoms with van der Waals surface area (Å²) in [4.78, 5) is 19.1. The van der Waals surface area contributed by atoms with Crippen LogP contribution < -0.4 is 9.13 Å². The van der Waals surface area contributed by atoms with Crippen molar-refractivity contribution in [1.29, 1.82) is 0 Å². The monoisotopic (exact) mass is 542 g/mol. The predicted molar refractivity (Wildman–Crippen MR) is 165 cm³/mol. The molecule has 0 spiro atoms. The molecular weight excluding hydrogens is 516 g/mol. The summed E-state index contributed by atoms with van der Waals surface area (Å²) in [5.74, 6) is 0. The molecule has 198 valence electrons. The van der Waals surface area contributed by atoms with Gasteiger partial charge in [-0.3, -0.25) is 0 Å². The van der Waals surface area contributed by atoms with Crippen LogP contribution in [-0.4, -0.2) is 19.9 Å². The third-order valence-corrected chi connectivity index (χ3v) is 7.65. The van der Waals surface area contributed by atoms with Gasteiger partial charge in [0.05, 0.1) is 44.1 Å². The second-order valence-electron chi connectivity index (χ2n) is 10.6. The Labute approximate surface area is 242 Å². The number of benzene rings is 4. The summed E-state index contributed by atoms with van der Waals surface area (Å²) in [7, 11) is 0. The molecule has 6 heteroatoms. The van der Waals surface area contributed by atoms with E-state index in [2.05, 4.69) is 94.6 Å². The largest absolute Gasteiger partial charge is 0.245 e. The van der Waals surface area contributed by atoms with Crippen LogP contribution in [0.2, 0.25) is 0 Å². The zero-order chi connectivity index (χ0) is 27.9. The molecule has 8 aromatic rings. The quantitative estimate of drug-likeness (QED) is 0.191. The van der Waals surface area contributed by atoms with Gasteiger partial charge in [0.2, 0.25) is 0 Å². The van der Waals surface area contributed by atoms with Crippen LogP contribution in [0.15, 0.2) is 134 Å². The van der Waals surface area contributed by atoms with Crippen LogP contribution in [0.25, 0.3) is 55.3 Å². The van der Waals surface area contributed by atoms with Crippen LogP contribution in [0.1, 0.15) is 11.1 Å². The van der Waals surface area contributed by atoms with Gasteiger partial charge >= 0.3 is 0 Å². The Bertz CT molecular complexity index is 2080. The molecule has 0 aliphatic heterocycles. The molecule has 6 nitrogen and oxygen atoms in total. The first-order valence-electron chi connectivity index (χ1n) is 14.0. The lowest BCUT2D eigenvalue weighted by molar-refractivity contribution is -0.688. The molecule has 0 fully saturated rings. The smallest absolute Gasteiger partial charge is 0.173 e. The highest BCUT2D eigenvalue weighted by atomic mass is 14.9. The van der Waals surface area contributed by atoms with Gasteiger partial charge in [0.15, 0.2) is 37.9 Å². The van der Waals surface area contributed by atoms with E-state index < -0.39 is 0 Å². The van der Waals surface area contributed by atoms with E-state index in [9.17, 15) is 0 Å². The highest BCUT2D eigenvalue weighted by molar-refractivity contribution is 5.87. The molecule has 0 saturated heterocycles. The minimum atomic E-state index is 0.769. The lowest BCUT2D eigenvalue weighted by atomic mass is 10.1. The lowest BCUT2D eigenvalue weighted by Gasteiger charge is -2.05. The lowest BCUT2D eigenvalue weighted by Crippen LogP contribution is -2.33. The van der Waals surface area contributed by atoms with Gasteiger partial charge in [-0.2, -0.15) is 0 Å². The second kappa shape index (κ2) is 10.1. The van der Waals surface area contributed by atoms with Crippen molar-refractivity contribution in [3.63, 3.8) is 0 Å². The fourth-order valence-electron chi connectivity index (χ4n) is 5.46. The Morgan fingerprint density at radius 3 is 1.07 bits per heavy atom. The summed E-state index contributed by atoms with van der Waals surface area (Å²) in [6, 6.07) is 37.3. The molecule has 0 atom stereocenters. The summed E-state index contributed by atoms with van der Waals surface area (Å²) in [6.45, 7) is 1.54. The van der Waals surface area contributed by atoms with E-state index >= 15 is 0 Å². The van der Waals surface area contributed by atoms with Crippen molar-refractivity contribution in [2.24, 2.45) is 0 Å². The molecule has 0 radical (unpaired) electrons. The molecule has 0 unspecified atom stereocenters. The fraction of sp³-hybridized carbons (Fsp3) is 0.0556. The Hall–Kier alpha value is -5.62. The second-order valence-corrected chi connectivity index (χ2v) is 10.6. The van der Waals surface area contributed by atoms with Crippen molar-refractivity contribution >= 4 is 44.1 Å². The predicted octanol–water partition coefficient (Wildman–Crippen LogP) is 6.22. The van der Waals surface area contributed by atoms with Crippen LogP contribution in [-0.2, 0) is 13.1 Å². The van der Waals surface area contributed by atoms with Gasteiger partial charge in [0.1, 0.15) is 0 Å². The third kappa shape index (κ3) is 4.69. The van der Waals surface area contributed by atoms with Gasteiger partial charge in [-0.1, -0.05) is 36.4 Å². The van der Waals surface area contributed by atoms with Crippen LogP contribution in [0.5, 0.6) is 0 Å². The maximum Gasteiger partial charge on any atom is 0.173 e. The summed E-state index contributed by atoms with van der Waals surface area (Å²) in [6.07, 6.45) is 8.53. The van der Waals surface area contributed by atoms with Gasteiger partial charge in [0.25, 0.3) is 0 Å². The molecule has 0 aliphatic carbocycles. The molecule has 0 N–H and O–H groups in total. The fourth-order valence-corrected chi connectivity index (χ4v) is 5.46. The van der Waals surface area contributed by atoms with E-state index in [-0.39, 0.29) is 0 Å². The highest BCUT2D eigenvalue weighted by Gasteiger charge is 2.10. The molecule has 0 bridgehead atoms. The molecule has 0 amide bonds. The molecular formula is C36H26N6+2. The molecule has 42 heavy (non-hydrogen) atoms. The van der Waals surface area contributed by atoms with Gasteiger partial charge in [-0.25, -0.2) is 29.1 Å². The van der Waals surface area contributed by atoms with E-state index in [0.29, 0.717) is 0 Å². The average Bonchev–Trinajstić information content (AvgIpc) is 3.03. The number of hydrogen-bond donors (Lipinski definition) is 0. The number of pyridine rings is 2. The minimum absolute atomic E-state index is 0.769. The van der Waals surface area contributed by atoms with E-state index in [1.165, 1.54) is 22.3 Å².